The van der Waals surface area contributed by atoms with Crippen LogP contribution < -0.4 is 15.4 Å². The molecule has 9 nitrogen and oxygen atoms in total. The molecule has 3 rings (SSSR count). The second kappa shape index (κ2) is 12.5. The minimum atomic E-state index is 0.449. The van der Waals surface area contributed by atoms with Crippen molar-refractivity contribution in [2.45, 2.75) is 32.9 Å². The fraction of sp³-hybridized carbons (Fsp3) is 0.435. The Labute approximate surface area is 188 Å². The Morgan fingerprint density at radius 1 is 1.12 bits per heavy atom. The van der Waals surface area contributed by atoms with Crippen LogP contribution in [-0.2, 0) is 31.4 Å². The van der Waals surface area contributed by atoms with E-state index in [0.29, 0.717) is 19.8 Å². The van der Waals surface area contributed by atoms with Gasteiger partial charge in [-0.3, -0.25) is 0 Å². The number of aromatic nitrogens is 3. The number of benzene rings is 1. The molecule has 0 aliphatic rings. The molecular formula is C23H32N6O3. The number of hydrogen-bond acceptors (Lipinski definition) is 6. The zero-order valence-corrected chi connectivity index (χ0v) is 19.0. The van der Waals surface area contributed by atoms with Crippen LogP contribution in [0.4, 0.5) is 0 Å². The van der Waals surface area contributed by atoms with Crippen LogP contribution in [-0.4, -0.2) is 47.5 Å². The van der Waals surface area contributed by atoms with Crippen molar-refractivity contribution < 1.29 is 13.9 Å². The molecule has 0 amide bonds. The lowest BCUT2D eigenvalue weighted by atomic mass is 10.1. The van der Waals surface area contributed by atoms with E-state index in [1.807, 2.05) is 42.8 Å². The summed E-state index contributed by atoms with van der Waals surface area (Å²) >= 11 is 0. The van der Waals surface area contributed by atoms with E-state index in [1.165, 1.54) is 5.56 Å². The van der Waals surface area contributed by atoms with E-state index in [9.17, 15) is 0 Å². The number of guanidine groups is 1. The van der Waals surface area contributed by atoms with Crippen molar-refractivity contribution in [3.63, 3.8) is 0 Å². The first kappa shape index (κ1) is 23.3. The highest BCUT2D eigenvalue weighted by molar-refractivity contribution is 5.79. The SMILES string of the molecule is COc1ccc(CCNC(=NCc2nnc(C)n2C)NCCCOCc2ccco2)cc1. The summed E-state index contributed by atoms with van der Waals surface area (Å²) in [7, 11) is 3.62. The van der Waals surface area contributed by atoms with Crippen LogP contribution in [0, 0.1) is 6.92 Å². The fourth-order valence-corrected chi connectivity index (χ4v) is 2.98. The average Bonchev–Trinajstić information content (AvgIpc) is 3.44. The second-order valence-corrected chi connectivity index (χ2v) is 7.32. The van der Waals surface area contributed by atoms with Crippen LogP contribution in [0.1, 0.15) is 29.4 Å². The number of rotatable bonds is 12. The number of ether oxygens (including phenoxy) is 2. The lowest BCUT2D eigenvalue weighted by Crippen LogP contribution is -2.39. The Bertz CT molecular complexity index is 951. The molecule has 2 heterocycles. The number of aryl methyl sites for hydroxylation is 1. The molecular weight excluding hydrogens is 408 g/mol. The van der Waals surface area contributed by atoms with Crippen molar-refractivity contribution in [3.05, 3.63) is 65.6 Å². The van der Waals surface area contributed by atoms with Gasteiger partial charge in [-0.2, -0.15) is 0 Å². The first-order valence-electron chi connectivity index (χ1n) is 10.8. The molecule has 0 atom stereocenters. The molecule has 172 valence electrons. The number of furan rings is 1. The molecule has 1 aromatic carbocycles. The van der Waals surface area contributed by atoms with Gasteiger partial charge in [-0.25, -0.2) is 4.99 Å². The molecule has 0 saturated heterocycles. The Morgan fingerprint density at radius 2 is 1.94 bits per heavy atom. The molecule has 0 fully saturated rings. The molecule has 0 bridgehead atoms. The minimum Gasteiger partial charge on any atom is -0.497 e. The molecule has 9 heteroatoms. The summed E-state index contributed by atoms with van der Waals surface area (Å²) < 4.78 is 18.1. The van der Waals surface area contributed by atoms with Crippen LogP contribution in [0.25, 0.3) is 0 Å². The first-order chi connectivity index (χ1) is 15.7. The second-order valence-electron chi connectivity index (χ2n) is 7.32. The summed E-state index contributed by atoms with van der Waals surface area (Å²) in [6.07, 6.45) is 3.38. The van der Waals surface area contributed by atoms with E-state index in [-0.39, 0.29) is 0 Å². The van der Waals surface area contributed by atoms with Gasteiger partial charge in [0.05, 0.1) is 13.4 Å². The zero-order valence-electron chi connectivity index (χ0n) is 19.0. The molecule has 0 aliphatic heterocycles. The van der Waals surface area contributed by atoms with Gasteiger partial charge in [0.1, 0.15) is 30.5 Å². The number of nitrogens with one attached hydrogen (secondary N) is 2. The van der Waals surface area contributed by atoms with Gasteiger partial charge in [-0.05, 0) is 49.6 Å². The topological polar surface area (TPSA) is 98.7 Å². The van der Waals surface area contributed by atoms with E-state index in [2.05, 4.69) is 38.0 Å². The van der Waals surface area contributed by atoms with Crippen LogP contribution in [0.3, 0.4) is 0 Å². The van der Waals surface area contributed by atoms with Crippen molar-refractivity contribution in [3.8, 4) is 5.75 Å². The van der Waals surface area contributed by atoms with Crippen molar-refractivity contribution in [1.29, 1.82) is 0 Å². The average molecular weight is 441 g/mol. The maximum absolute atomic E-state index is 5.64. The van der Waals surface area contributed by atoms with Crippen LogP contribution >= 0.6 is 0 Å². The van der Waals surface area contributed by atoms with Crippen molar-refractivity contribution >= 4 is 5.96 Å². The van der Waals surface area contributed by atoms with Crippen LogP contribution in [0.15, 0.2) is 52.1 Å². The van der Waals surface area contributed by atoms with Gasteiger partial charge in [-0.1, -0.05) is 12.1 Å². The fourth-order valence-electron chi connectivity index (χ4n) is 2.98. The molecule has 3 aromatic rings. The number of hydrogen-bond donors (Lipinski definition) is 2. The largest absolute Gasteiger partial charge is 0.497 e. The van der Waals surface area contributed by atoms with Gasteiger partial charge in [0.25, 0.3) is 0 Å². The number of methoxy groups -OCH3 is 1. The van der Waals surface area contributed by atoms with E-state index in [4.69, 9.17) is 13.9 Å². The van der Waals surface area contributed by atoms with Crippen molar-refractivity contribution in [2.75, 3.05) is 26.8 Å². The van der Waals surface area contributed by atoms with E-state index < -0.39 is 0 Å². The van der Waals surface area contributed by atoms with E-state index in [0.717, 1.165) is 55.0 Å². The molecule has 2 N–H and O–H groups in total. The number of nitrogens with zero attached hydrogens (tertiary/aromatic N) is 4. The molecule has 2 aromatic heterocycles. The Hall–Kier alpha value is -3.33. The molecule has 0 unspecified atom stereocenters. The third-order valence-corrected chi connectivity index (χ3v) is 5.01. The van der Waals surface area contributed by atoms with E-state index in [1.54, 1.807) is 13.4 Å². The quantitative estimate of drug-likeness (QED) is 0.254. The number of aliphatic imine (C=N–C) groups is 1. The summed E-state index contributed by atoms with van der Waals surface area (Å²) in [4.78, 5) is 4.68. The maximum Gasteiger partial charge on any atom is 0.191 e. The maximum atomic E-state index is 5.64. The van der Waals surface area contributed by atoms with Gasteiger partial charge in [0.2, 0.25) is 0 Å². The summed E-state index contributed by atoms with van der Waals surface area (Å²) in [5, 5.41) is 15.1. The summed E-state index contributed by atoms with van der Waals surface area (Å²) in [5.74, 6) is 4.12. The predicted octanol–water partition coefficient (Wildman–Crippen LogP) is 2.61. The normalized spacial score (nSPS) is 11.5. The van der Waals surface area contributed by atoms with E-state index >= 15 is 0 Å². The van der Waals surface area contributed by atoms with Gasteiger partial charge >= 0.3 is 0 Å². The molecule has 32 heavy (non-hydrogen) atoms. The Kier molecular flexibility index (Phi) is 9.12. The Balaban J connectivity index is 1.46. The highest BCUT2D eigenvalue weighted by Crippen LogP contribution is 2.11. The summed E-state index contributed by atoms with van der Waals surface area (Å²) in [5.41, 5.74) is 1.23. The zero-order chi connectivity index (χ0) is 22.6. The summed E-state index contributed by atoms with van der Waals surface area (Å²) in [6, 6.07) is 11.9. The highest BCUT2D eigenvalue weighted by atomic mass is 16.5. The standard InChI is InChI=1S/C23H32N6O3/c1-18-27-28-22(29(18)2)16-26-23(24-12-5-14-31-17-21-6-4-15-32-21)25-13-11-19-7-9-20(30-3)10-8-19/h4,6-10,15H,5,11-14,16-17H2,1-3H3,(H2,24,25,26). The lowest BCUT2D eigenvalue weighted by Gasteiger charge is -2.13. The van der Waals surface area contributed by atoms with Gasteiger partial charge < -0.3 is 29.1 Å². The van der Waals surface area contributed by atoms with Crippen molar-refractivity contribution in [1.82, 2.24) is 25.4 Å². The van der Waals surface area contributed by atoms with Gasteiger partial charge in [0.15, 0.2) is 11.8 Å². The lowest BCUT2D eigenvalue weighted by molar-refractivity contribution is 0.105. The van der Waals surface area contributed by atoms with Crippen LogP contribution in [0.5, 0.6) is 5.75 Å². The van der Waals surface area contributed by atoms with Crippen LogP contribution in [0.2, 0.25) is 0 Å². The smallest absolute Gasteiger partial charge is 0.191 e. The molecule has 0 saturated carbocycles. The molecule has 0 spiro atoms. The molecule has 0 aliphatic carbocycles. The predicted molar refractivity (Wildman–Crippen MR) is 123 cm³/mol. The highest BCUT2D eigenvalue weighted by Gasteiger charge is 2.05. The first-order valence-corrected chi connectivity index (χ1v) is 10.8. The van der Waals surface area contributed by atoms with Gasteiger partial charge in [-0.15, -0.1) is 10.2 Å². The molecule has 0 radical (unpaired) electrons. The Morgan fingerprint density at radius 3 is 2.62 bits per heavy atom. The third-order valence-electron chi connectivity index (χ3n) is 5.01. The minimum absolute atomic E-state index is 0.449. The van der Waals surface area contributed by atoms with Gasteiger partial charge in [0, 0.05) is 26.7 Å². The monoisotopic (exact) mass is 440 g/mol. The third kappa shape index (κ3) is 7.42. The summed E-state index contributed by atoms with van der Waals surface area (Å²) in [6.45, 7) is 4.99. The van der Waals surface area contributed by atoms with Crippen molar-refractivity contribution in [2.24, 2.45) is 12.0 Å².